The Kier molecular flexibility index (Phi) is 3.65. The minimum Gasteiger partial charge on any atom is -0.378 e. The lowest BCUT2D eigenvalue weighted by atomic mass is 9.89. The normalized spacial score (nSPS) is 42.3. The molecule has 18 heavy (non-hydrogen) atoms. The van der Waals surface area contributed by atoms with E-state index in [2.05, 4.69) is 24.1 Å². The number of ether oxygens (including phenoxy) is 1. The summed E-state index contributed by atoms with van der Waals surface area (Å²) in [6.07, 6.45) is 7.18. The minimum atomic E-state index is 0.408. The van der Waals surface area contributed by atoms with E-state index in [-0.39, 0.29) is 0 Å². The van der Waals surface area contributed by atoms with Crippen molar-refractivity contribution in [3.05, 3.63) is 0 Å². The molecule has 3 nitrogen and oxygen atoms in total. The summed E-state index contributed by atoms with van der Waals surface area (Å²) in [6, 6.07) is 0.640. The molecule has 2 saturated heterocycles. The van der Waals surface area contributed by atoms with Crippen LogP contribution in [0, 0.1) is 5.92 Å². The first-order valence-corrected chi connectivity index (χ1v) is 7.78. The molecule has 1 N–H and O–H groups in total. The van der Waals surface area contributed by atoms with Crippen LogP contribution in [-0.2, 0) is 4.74 Å². The molecule has 0 aromatic rings. The maximum atomic E-state index is 5.77. The fourth-order valence-corrected chi connectivity index (χ4v) is 3.72. The number of hydrogen-bond donors (Lipinski definition) is 1. The molecule has 3 heteroatoms. The van der Waals surface area contributed by atoms with E-state index in [0.717, 1.165) is 12.5 Å². The van der Waals surface area contributed by atoms with Crippen molar-refractivity contribution in [3.63, 3.8) is 0 Å². The van der Waals surface area contributed by atoms with Gasteiger partial charge in [0.05, 0.1) is 6.10 Å². The van der Waals surface area contributed by atoms with E-state index in [0.29, 0.717) is 17.7 Å². The largest absolute Gasteiger partial charge is 0.378 e. The van der Waals surface area contributed by atoms with E-state index in [9.17, 15) is 0 Å². The van der Waals surface area contributed by atoms with Crippen molar-refractivity contribution < 1.29 is 4.74 Å². The second-order valence-corrected chi connectivity index (χ2v) is 6.78. The molecule has 0 radical (unpaired) electrons. The van der Waals surface area contributed by atoms with E-state index >= 15 is 0 Å². The lowest BCUT2D eigenvalue weighted by molar-refractivity contribution is 0.0194. The quantitative estimate of drug-likeness (QED) is 0.828. The molecular weight excluding hydrogens is 224 g/mol. The predicted octanol–water partition coefficient (Wildman–Crippen LogP) is 2.02. The lowest BCUT2D eigenvalue weighted by Crippen LogP contribution is -2.64. The third kappa shape index (κ3) is 2.59. The van der Waals surface area contributed by atoms with Crippen molar-refractivity contribution in [1.29, 1.82) is 0 Å². The van der Waals surface area contributed by atoms with E-state index in [4.69, 9.17) is 4.74 Å². The molecule has 0 aromatic carbocycles. The Labute approximate surface area is 111 Å². The topological polar surface area (TPSA) is 24.5 Å². The van der Waals surface area contributed by atoms with Crippen LogP contribution in [0.4, 0.5) is 0 Å². The first-order chi connectivity index (χ1) is 8.68. The molecule has 0 bridgehead atoms. The zero-order valence-corrected chi connectivity index (χ0v) is 12.0. The standard InChI is InChI=1S/C15H28N2O/c1-12-10-17(8-7-14-4-3-9-18-14)15(2,11-16-12)13-5-6-13/h12-14,16H,3-11H2,1-2H3. The van der Waals surface area contributed by atoms with Crippen LogP contribution >= 0.6 is 0 Å². The van der Waals surface area contributed by atoms with Gasteiger partial charge in [-0.05, 0) is 51.9 Å². The number of hydrogen-bond acceptors (Lipinski definition) is 3. The van der Waals surface area contributed by atoms with Crippen LogP contribution in [-0.4, -0.2) is 48.8 Å². The number of piperazine rings is 1. The summed E-state index contributed by atoms with van der Waals surface area (Å²) in [7, 11) is 0. The number of rotatable bonds is 4. The summed E-state index contributed by atoms with van der Waals surface area (Å²) in [4.78, 5) is 2.76. The van der Waals surface area contributed by atoms with Gasteiger partial charge >= 0.3 is 0 Å². The molecule has 2 heterocycles. The molecule has 104 valence electrons. The van der Waals surface area contributed by atoms with Gasteiger partial charge in [0, 0.05) is 37.8 Å². The lowest BCUT2D eigenvalue weighted by Gasteiger charge is -2.48. The van der Waals surface area contributed by atoms with Crippen molar-refractivity contribution in [3.8, 4) is 0 Å². The summed E-state index contributed by atoms with van der Waals surface area (Å²) >= 11 is 0. The van der Waals surface area contributed by atoms with Crippen molar-refractivity contribution in [2.24, 2.45) is 5.92 Å². The zero-order chi connectivity index (χ0) is 12.6. The smallest absolute Gasteiger partial charge is 0.0588 e. The van der Waals surface area contributed by atoms with Crippen LogP contribution in [0.1, 0.15) is 46.0 Å². The third-order valence-electron chi connectivity index (χ3n) is 5.23. The highest BCUT2D eigenvalue weighted by Gasteiger charge is 2.47. The molecule has 3 unspecified atom stereocenters. The summed E-state index contributed by atoms with van der Waals surface area (Å²) < 4.78 is 5.77. The van der Waals surface area contributed by atoms with Crippen molar-refractivity contribution in [1.82, 2.24) is 10.2 Å². The van der Waals surface area contributed by atoms with E-state index in [1.165, 1.54) is 51.7 Å². The molecule has 2 aliphatic heterocycles. The van der Waals surface area contributed by atoms with Crippen LogP contribution in [0.2, 0.25) is 0 Å². The highest BCUT2D eigenvalue weighted by molar-refractivity contribution is 5.04. The Morgan fingerprint density at radius 3 is 2.83 bits per heavy atom. The fourth-order valence-electron chi connectivity index (χ4n) is 3.72. The summed E-state index contributed by atoms with van der Waals surface area (Å²) in [6.45, 7) is 9.38. The van der Waals surface area contributed by atoms with Crippen LogP contribution in [0.25, 0.3) is 0 Å². The Bertz CT molecular complexity index is 286. The van der Waals surface area contributed by atoms with E-state index in [1.54, 1.807) is 0 Å². The Morgan fingerprint density at radius 1 is 1.33 bits per heavy atom. The fraction of sp³-hybridized carbons (Fsp3) is 1.00. The van der Waals surface area contributed by atoms with Crippen molar-refractivity contribution in [2.75, 3.05) is 26.2 Å². The Morgan fingerprint density at radius 2 is 2.17 bits per heavy atom. The minimum absolute atomic E-state index is 0.408. The molecule has 0 amide bonds. The van der Waals surface area contributed by atoms with Crippen molar-refractivity contribution in [2.45, 2.75) is 63.6 Å². The summed E-state index contributed by atoms with van der Waals surface area (Å²) in [5, 5.41) is 3.68. The maximum absolute atomic E-state index is 5.77. The average molecular weight is 252 g/mol. The predicted molar refractivity (Wildman–Crippen MR) is 73.8 cm³/mol. The van der Waals surface area contributed by atoms with Gasteiger partial charge in [0.2, 0.25) is 0 Å². The first-order valence-electron chi connectivity index (χ1n) is 7.78. The van der Waals surface area contributed by atoms with Crippen LogP contribution in [0.15, 0.2) is 0 Å². The number of nitrogens with zero attached hydrogens (tertiary/aromatic N) is 1. The molecule has 3 fully saturated rings. The van der Waals surface area contributed by atoms with Crippen LogP contribution in [0.5, 0.6) is 0 Å². The van der Waals surface area contributed by atoms with Gasteiger partial charge in [-0.15, -0.1) is 0 Å². The monoisotopic (exact) mass is 252 g/mol. The van der Waals surface area contributed by atoms with Gasteiger partial charge < -0.3 is 10.1 Å². The second kappa shape index (κ2) is 5.10. The van der Waals surface area contributed by atoms with Gasteiger partial charge in [-0.3, -0.25) is 4.90 Å². The molecule has 3 aliphatic rings. The third-order valence-corrected chi connectivity index (χ3v) is 5.23. The van der Waals surface area contributed by atoms with Gasteiger partial charge in [0.15, 0.2) is 0 Å². The van der Waals surface area contributed by atoms with Gasteiger partial charge in [-0.25, -0.2) is 0 Å². The Balaban J connectivity index is 1.58. The van der Waals surface area contributed by atoms with Crippen molar-refractivity contribution >= 4 is 0 Å². The average Bonchev–Trinajstić information content (AvgIpc) is 3.09. The van der Waals surface area contributed by atoms with Gasteiger partial charge in [0.25, 0.3) is 0 Å². The zero-order valence-electron chi connectivity index (χ0n) is 12.0. The van der Waals surface area contributed by atoms with Crippen LogP contribution in [0.3, 0.4) is 0 Å². The van der Waals surface area contributed by atoms with Gasteiger partial charge in [0.1, 0.15) is 0 Å². The highest BCUT2D eigenvalue weighted by atomic mass is 16.5. The van der Waals surface area contributed by atoms with Crippen LogP contribution < -0.4 is 5.32 Å². The summed E-state index contributed by atoms with van der Waals surface area (Å²) in [5.41, 5.74) is 0.408. The van der Waals surface area contributed by atoms with E-state index in [1.807, 2.05) is 0 Å². The van der Waals surface area contributed by atoms with Gasteiger partial charge in [-0.1, -0.05) is 0 Å². The summed E-state index contributed by atoms with van der Waals surface area (Å²) in [5.74, 6) is 0.932. The SMILES string of the molecule is CC1CN(CCC2CCCO2)C(C)(C2CC2)CN1. The molecule has 0 spiro atoms. The van der Waals surface area contributed by atoms with Gasteiger partial charge in [-0.2, -0.15) is 0 Å². The molecule has 1 saturated carbocycles. The Hall–Kier alpha value is -0.120. The molecule has 0 aromatic heterocycles. The molecular formula is C15H28N2O. The molecule has 1 aliphatic carbocycles. The molecule has 3 atom stereocenters. The first kappa shape index (κ1) is 12.9. The van der Waals surface area contributed by atoms with E-state index < -0.39 is 0 Å². The maximum Gasteiger partial charge on any atom is 0.0588 e. The second-order valence-electron chi connectivity index (χ2n) is 6.78. The number of nitrogens with one attached hydrogen (secondary N) is 1. The highest BCUT2D eigenvalue weighted by Crippen LogP contribution is 2.44. The molecule has 3 rings (SSSR count).